The molecule has 1 aliphatic heterocycles. The number of cyclic esters (lactones) is 1. The maximum absolute atomic E-state index is 12.3. The van der Waals surface area contributed by atoms with E-state index in [1.807, 2.05) is 6.07 Å². The molecule has 2 fully saturated rings. The minimum atomic E-state index is -0.855. The third-order valence-electron chi connectivity index (χ3n) is 5.33. The van der Waals surface area contributed by atoms with Crippen LogP contribution in [0.2, 0.25) is 0 Å². The van der Waals surface area contributed by atoms with Gasteiger partial charge in [-0.2, -0.15) is 5.26 Å². The van der Waals surface area contributed by atoms with E-state index in [1.165, 1.54) is 19.3 Å². The molecule has 1 N–H and O–H groups in total. The Kier molecular flexibility index (Phi) is 5.37. The summed E-state index contributed by atoms with van der Waals surface area (Å²) in [6, 6.07) is 9.21. The van der Waals surface area contributed by atoms with Crippen molar-refractivity contribution in [2.45, 2.75) is 57.0 Å². The minimum Gasteiger partial charge on any atom is -0.452 e. The van der Waals surface area contributed by atoms with Crippen LogP contribution in [0.5, 0.6) is 0 Å². The van der Waals surface area contributed by atoms with Crippen molar-refractivity contribution >= 4 is 11.9 Å². The van der Waals surface area contributed by atoms with E-state index in [1.54, 1.807) is 18.2 Å². The first-order valence-corrected chi connectivity index (χ1v) is 9.10. The van der Waals surface area contributed by atoms with Gasteiger partial charge in [0.1, 0.15) is 0 Å². The van der Waals surface area contributed by atoms with Gasteiger partial charge in [0.25, 0.3) is 0 Å². The fourth-order valence-corrected chi connectivity index (χ4v) is 3.89. The van der Waals surface area contributed by atoms with Gasteiger partial charge in [0.2, 0.25) is 5.91 Å². The SMILES string of the molecule is N#Cc1cccc(C2(CNC(=O)CC3CCCCC3)CCC(=O)O2)c1. The molecule has 1 aromatic rings. The molecule has 1 aromatic carbocycles. The lowest BCUT2D eigenvalue weighted by atomic mass is 9.86. The molecule has 0 radical (unpaired) electrons. The summed E-state index contributed by atoms with van der Waals surface area (Å²) >= 11 is 0. The molecule has 1 atom stereocenters. The average molecular weight is 340 g/mol. The van der Waals surface area contributed by atoms with Crippen molar-refractivity contribution in [3.05, 3.63) is 35.4 Å². The number of carbonyl (C=O) groups excluding carboxylic acids is 2. The highest BCUT2D eigenvalue weighted by atomic mass is 16.6. The van der Waals surface area contributed by atoms with E-state index in [9.17, 15) is 9.59 Å². The number of esters is 1. The second kappa shape index (κ2) is 7.69. The monoisotopic (exact) mass is 340 g/mol. The van der Waals surface area contributed by atoms with E-state index in [0.29, 0.717) is 30.7 Å². The number of benzene rings is 1. The van der Waals surface area contributed by atoms with Crippen molar-refractivity contribution in [2.24, 2.45) is 5.92 Å². The standard InChI is InChI=1S/C20H24N2O3/c21-13-16-7-4-8-17(11-16)20(10-9-19(24)25-20)14-22-18(23)12-15-5-2-1-3-6-15/h4,7-8,11,15H,1-3,5-6,9-10,12,14H2,(H,22,23). The van der Waals surface area contributed by atoms with E-state index in [0.717, 1.165) is 18.4 Å². The molecule has 1 unspecified atom stereocenters. The fraction of sp³-hybridized carbons (Fsp3) is 0.550. The molecule has 0 spiro atoms. The molecule has 1 heterocycles. The molecular formula is C20H24N2O3. The Labute approximate surface area is 148 Å². The maximum atomic E-state index is 12.3. The van der Waals surface area contributed by atoms with Gasteiger partial charge in [-0.3, -0.25) is 9.59 Å². The highest BCUT2D eigenvalue weighted by Gasteiger charge is 2.42. The van der Waals surface area contributed by atoms with Crippen LogP contribution >= 0.6 is 0 Å². The van der Waals surface area contributed by atoms with Crippen molar-refractivity contribution in [1.29, 1.82) is 5.26 Å². The predicted octanol–water partition coefficient (Wildman–Crippen LogP) is 3.18. The highest BCUT2D eigenvalue weighted by Crippen LogP contribution is 2.37. The predicted molar refractivity (Wildman–Crippen MR) is 92.4 cm³/mol. The van der Waals surface area contributed by atoms with E-state index >= 15 is 0 Å². The second-order valence-electron chi connectivity index (χ2n) is 7.15. The lowest BCUT2D eigenvalue weighted by Crippen LogP contribution is -2.41. The van der Waals surface area contributed by atoms with E-state index in [2.05, 4.69) is 11.4 Å². The molecular weight excluding hydrogens is 316 g/mol. The summed E-state index contributed by atoms with van der Waals surface area (Å²) in [5, 5.41) is 12.1. The van der Waals surface area contributed by atoms with Crippen molar-refractivity contribution in [1.82, 2.24) is 5.32 Å². The van der Waals surface area contributed by atoms with E-state index in [-0.39, 0.29) is 18.4 Å². The number of hydrogen-bond donors (Lipinski definition) is 1. The third kappa shape index (κ3) is 4.19. The number of ether oxygens (including phenoxy) is 1. The van der Waals surface area contributed by atoms with Gasteiger partial charge in [-0.05, 0) is 36.5 Å². The summed E-state index contributed by atoms with van der Waals surface area (Å²) < 4.78 is 5.61. The second-order valence-corrected chi connectivity index (χ2v) is 7.15. The van der Waals surface area contributed by atoms with Crippen molar-refractivity contribution in [3.63, 3.8) is 0 Å². The van der Waals surface area contributed by atoms with Crippen LogP contribution in [0.3, 0.4) is 0 Å². The van der Waals surface area contributed by atoms with Crippen molar-refractivity contribution < 1.29 is 14.3 Å². The number of carbonyl (C=O) groups is 2. The van der Waals surface area contributed by atoms with Crippen molar-refractivity contribution in [3.8, 4) is 6.07 Å². The Morgan fingerprint density at radius 2 is 2.12 bits per heavy atom. The normalized spacial score (nSPS) is 23.7. The molecule has 1 saturated carbocycles. The summed E-state index contributed by atoms with van der Waals surface area (Å²) in [7, 11) is 0. The minimum absolute atomic E-state index is 0.0191. The summed E-state index contributed by atoms with van der Waals surface area (Å²) in [4.78, 5) is 24.1. The van der Waals surface area contributed by atoms with Crippen LogP contribution in [0.1, 0.15) is 62.5 Å². The summed E-state index contributed by atoms with van der Waals surface area (Å²) in [5.41, 5.74) is 0.440. The van der Waals surface area contributed by atoms with Gasteiger partial charge in [0, 0.05) is 19.3 Å². The first kappa shape index (κ1) is 17.5. The van der Waals surface area contributed by atoms with Gasteiger partial charge in [-0.15, -0.1) is 0 Å². The Balaban J connectivity index is 1.67. The maximum Gasteiger partial charge on any atom is 0.306 e. The van der Waals surface area contributed by atoms with Crippen LogP contribution in [-0.2, 0) is 19.9 Å². The summed E-state index contributed by atoms with van der Waals surface area (Å²) in [5.74, 6) is 0.229. The summed E-state index contributed by atoms with van der Waals surface area (Å²) in [6.45, 7) is 0.263. The molecule has 3 rings (SSSR count). The molecule has 0 aromatic heterocycles. The van der Waals surface area contributed by atoms with Gasteiger partial charge < -0.3 is 10.1 Å². The van der Waals surface area contributed by atoms with Gasteiger partial charge in [-0.25, -0.2) is 0 Å². The summed E-state index contributed by atoms with van der Waals surface area (Å²) in [6.07, 6.45) is 7.32. The number of nitriles is 1. The van der Waals surface area contributed by atoms with E-state index in [4.69, 9.17) is 10.00 Å². The Morgan fingerprint density at radius 3 is 2.80 bits per heavy atom. The first-order valence-electron chi connectivity index (χ1n) is 9.10. The molecule has 132 valence electrons. The smallest absolute Gasteiger partial charge is 0.306 e. The number of nitrogens with one attached hydrogen (secondary N) is 1. The Morgan fingerprint density at radius 1 is 1.32 bits per heavy atom. The molecule has 5 nitrogen and oxygen atoms in total. The average Bonchev–Trinajstić information content (AvgIpc) is 3.03. The molecule has 1 amide bonds. The van der Waals surface area contributed by atoms with Crippen LogP contribution in [-0.4, -0.2) is 18.4 Å². The van der Waals surface area contributed by atoms with Crippen LogP contribution in [0.25, 0.3) is 0 Å². The number of hydrogen-bond acceptors (Lipinski definition) is 4. The first-order chi connectivity index (χ1) is 12.1. The largest absolute Gasteiger partial charge is 0.452 e. The quantitative estimate of drug-likeness (QED) is 0.835. The topological polar surface area (TPSA) is 79.2 Å². The third-order valence-corrected chi connectivity index (χ3v) is 5.33. The van der Waals surface area contributed by atoms with E-state index < -0.39 is 5.60 Å². The van der Waals surface area contributed by atoms with Crippen LogP contribution in [0, 0.1) is 17.2 Å². The molecule has 0 bridgehead atoms. The zero-order valence-corrected chi connectivity index (χ0v) is 14.4. The van der Waals surface area contributed by atoms with Gasteiger partial charge in [-0.1, -0.05) is 31.4 Å². The number of nitrogens with zero attached hydrogens (tertiary/aromatic N) is 1. The molecule has 2 aliphatic rings. The molecule has 5 heteroatoms. The number of rotatable bonds is 5. The van der Waals surface area contributed by atoms with Gasteiger partial charge in [0.05, 0.1) is 18.2 Å². The van der Waals surface area contributed by atoms with Gasteiger partial charge in [0.15, 0.2) is 5.60 Å². The molecule has 1 aliphatic carbocycles. The zero-order valence-electron chi connectivity index (χ0n) is 14.4. The number of amides is 1. The lowest BCUT2D eigenvalue weighted by molar-refractivity contribution is -0.149. The Bertz CT molecular complexity index is 688. The Hall–Kier alpha value is -2.35. The fourth-order valence-electron chi connectivity index (χ4n) is 3.89. The molecule has 1 saturated heterocycles. The van der Waals surface area contributed by atoms with Crippen LogP contribution in [0.4, 0.5) is 0 Å². The lowest BCUT2D eigenvalue weighted by Gasteiger charge is -2.29. The molecule has 25 heavy (non-hydrogen) atoms. The van der Waals surface area contributed by atoms with Gasteiger partial charge >= 0.3 is 5.97 Å². The highest BCUT2D eigenvalue weighted by molar-refractivity contribution is 5.77. The van der Waals surface area contributed by atoms with Crippen LogP contribution < -0.4 is 5.32 Å². The zero-order chi connectivity index (χ0) is 17.7. The van der Waals surface area contributed by atoms with Crippen LogP contribution in [0.15, 0.2) is 24.3 Å². The van der Waals surface area contributed by atoms with Crippen molar-refractivity contribution in [2.75, 3.05) is 6.54 Å².